The van der Waals surface area contributed by atoms with E-state index in [0.29, 0.717) is 6.61 Å². The molecule has 16 heavy (non-hydrogen) atoms. The van der Waals surface area contributed by atoms with Gasteiger partial charge in [-0.2, -0.15) is 0 Å². The highest BCUT2D eigenvalue weighted by molar-refractivity contribution is 5.99. The number of Topliss-reactive ketones (excluding diaryl/α,β-unsaturated/α-hetero) is 1. The van der Waals surface area contributed by atoms with Crippen LogP contribution in [-0.2, 0) is 4.74 Å². The molecule has 0 aliphatic carbocycles. The quantitative estimate of drug-likeness (QED) is 0.713. The number of ketones is 1. The Morgan fingerprint density at radius 3 is 2.75 bits per heavy atom. The van der Waals surface area contributed by atoms with E-state index in [1.807, 2.05) is 39.0 Å². The molecule has 0 saturated carbocycles. The molecule has 1 fully saturated rings. The first kappa shape index (κ1) is 11.3. The van der Waals surface area contributed by atoms with E-state index in [9.17, 15) is 4.79 Å². The fourth-order valence-electron chi connectivity index (χ4n) is 2.28. The maximum absolute atomic E-state index is 12.4. The van der Waals surface area contributed by atoms with Crippen LogP contribution < -0.4 is 0 Å². The van der Waals surface area contributed by atoms with Crippen molar-refractivity contribution in [1.82, 2.24) is 0 Å². The van der Waals surface area contributed by atoms with Crippen molar-refractivity contribution in [2.24, 2.45) is 5.92 Å². The maximum Gasteiger partial charge on any atom is 0.168 e. The summed E-state index contributed by atoms with van der Waals surface area (Å²) in [5.74, 6) is 0.284. The minimum Gasteiger partial charge on any atom is -0.378 e. The summed E-state index contributed by atoms with van der Waals surface area (Å²) in [6.45, 7) is 6.71. The molecule has 0 aromatic heterocycles. The molecule has 1 heterocycles. The van der Waals surface area contributed by atoms with Crippen molar-refractivity contribution in [1.29, 1.82) is 0 Å². The number of carbonyl (C=O) groups is 1. The van der Waals surface area contributed by atoms with Gasteiger partial charge < -0.3 is 4.74 Å². The molecular formula is C14H18O2. The summed E-state index contributed by atoms with van der Waals surface area (Å²) in [6.07, 6.45) is 0.917. The molecule has 0 bridgehead atoms. The Labute approximate surface area is 96.6 Å². The first-order valence-corrected chi connectivity index (χ1v) is 5.82. The van der Waals surface area contributed by atoms with Crippen LogP contribution >= 0.6 is 0 Å². The normalized spacial score (nSPS) is 24.7. The molecule has 2 unspecified atom stereocenters. The summed E-state index contributed by atoms with van der Waals surface area (Å²) in [4.78, 5) is 12.4. The summed E-state index contributed by atoms with van der Waals surface area (Å²) >= 11 is 0. The number of hydrogen-bond donors (Lipinski definition) is 0. The SMILES string of the molecule is Cc1ccc(C)c(C(=O)C2CCOC2C)c1. The van der Waals surface area contributed by atoms with Gasteiger partial charge in [-0.15, -0.1) is 0 Å². The Balaban J connectivity index is 2.29. The van der Waals surface area contributed by atoms with Gasteiger partial charge in [0, 0.05) is 12.2 Å². The zero-order valence-corrected chi connectivity index (χ0v) is 10.1. The van der Waals surface area contributed by atoms with Crippen LogP contribution in [0.5, 0.6) is 0 Å². The molecule has 2 rings (SSSR count). The van der Waals surface area contributed by atoms with Crippen molar-refractivity contribution in [3.8, 4) is 0 Å². The lowest BCUT2D eigenvalue weighted by molar-refractivity contribution is 0.0763. The average Bonchev–Trinajstić information content (AvgIpc) is 2.67. The summed E-state index contributed by atoms with van der Waals surface area (Å²) in [7, 11) is 0. The van der Waals surface area contributed by atoms with Gasteiger partial charge >= 0.3 is 0 Å². The van der Waals surface area contributed by atoms with Crippen LogP contribution in [0, 0.1) is 19.8 Å². The summed E-state index contributed by atoms with van der Waals surface area (Å²) in [6, 6.07) is 6.05. The van der Waals surface area contributed by atoms with Gasteiger partial charge in [0.25, 0.3) is 0 Å². The van der Waals surface area contributed by atoms with E-state index in [2.05, 4.69) is 0 Å². The standard InChI is InChI=1S/C14H18O2/c1-9-4-5-10(2)13(8-9)14(15)12-6-7-16-11(12)3/h4-5,8,11-12H,6-7H2,1-3H3. The van der Waals surface area contributed by atoms with Crippen molar-refractivity contribution >= 4 is 5.78 Å². The zero-order valence-electron chi connectivity index (χ0n) is 10.1. The van der Waals surface area contributed by atoms with Crippen molar-refractivity contribution in [3.05, 3.63) is 34.9 Å². The van der Waals surface area contributed by atoms with Gasteiger partial charge in [0.2, 0.25) is 0 Å². The lowest BCUT2D eigenvalue weighted by Gasteiger charge is -2.14. The van der Waals surface area contributed by atoms with Crippen LogP contribution in [0.4, 0.5) is 0 Å². The molecule has 2 nitrogen and oxygen atoms in total. The van der Waals surface area contributed by atoms with Crippen molar-refractivity contribution in [3.63, 3.8) is 0 Å². The van der Waals surface area contributed by atoms with E-state index >= 15 is 0 Å². The second-order valence-corrected chi connectivity index (χ2v) is 4.65. The molecule has 1 aliphatic heterocycles. The van der Waals surface area contributed by atoms with Crippen LogP contribution in [-0.4, -0.2) is 18.5 Å². The second-order valence-electron chi connectivity index (χ2n) is 4.65. The number of aryl methyl sites for hydroxylation is 2. The maximum atomic E-state index is 12.4. The molecule has 1 aromatic carbocycles. The third-order valence-electron chi connectivity index (χ3n) is 3.37. The predicted octanol–water partition coefficient (Wildman–Crippen LogP) is 2.91. The predicted molar refractivity (Wildman–Crippen MR) is 63.8 cm³/mol. The molecule has 2 heteroatoms. The van der Waals surface area contributed by atoms with Crippen LogP contribution in [0.25, 0.3) is 0 Å². The first-order chi connectivity index (χ1) is 7.59. The molecule has 1 aliphatic rings. The van der Waals surface area contributed by atoms with E-state index < -0.39 is 0 Å². The Kier molecular flexibility index (Phi) is 3.10. The van der Waals surface area contributed by atoms with Crippen LogP contribution in [0.2, 0.25) is 0 Å². The van der Waals surface area contributed by atoms with E-state index in [1.165, 1.54) is 0 Å². The Morgan fingerprint density at radius 2 is 2.12 bits per heavy atom. The molecule has 86 valence electrons. The monoisotopic (exact) mass is 218 g/mol. The van der Waals surface area contributed by atoms with E-state index in [0.717, 1.165) is 23.1 Å². The molecular weight excluding hydrogens is 200 g/mol. The van der Waals surface area contributed by atoms with Gasteiger partial charge in [-0.25, -0.2) is 0 Å². The molecule has 0 radical (unpaired) electrons. The highest BCUT2D eigenvalue weighted by atomic mass is 16.5. The fraction of sp³-hybridized carbons (Fsp3) is 0.500. The molecule has 1 saturated heterocycles. The van der Waals surface area contributed by atoms with Crippen LogP contribution in [0.15, 0.2) is 18.2 Å². The number of benzene rings is 1. The van der Waals surface area contributed by atoms with Crippen LogP contribution in [0.1, 0.15) is 34.8 Å². The average molecular weight is 218 g/mol. The van der Waals surface area contributed by atoms with E-state index in [4.69, 9.17) is 4.74 Å². The topological polar surface area (TPSA) is 26.3 Å². The number of rotatable bonds is 2. The van der Waals surface area contributed by atoms with Crippen LogP contribution in [0.3, 0.4) is 0 Å². The van der Waals surface area contributed by atoms with Gasteiger partial charge in [-0.05, 0) is 38.8 Å². The van der Waals surface area contributed by atoms with E-state index in [1.54, 1.807) is 0 Å². The van der Waals surface area contributed by atoms with Gasteiger partial charge in [0.15, 0.2) is 5.78 Å². The highest BCUT2D eigenvalue weighted by Gasteiger charge is 2.31. The summed E-state index contributed by atoms with van der Waals surface area (Å²) in [5, 5.41) is 0. The summed E-state index contributed by atoms with van der Waals surface area (Å²) in [5.41, 5.74) is 3.07. The first-order valence-electron chi connectivity index (χ1n) is 5.82. The second kappa shape index (κ2) is 4.38. The van der Waals surface area contributed by atoms with Crippen molar-refractivity contribution < 1.29 is 9.53 Å². The third-order valence-corrected chi connectivity index (χ3v) is 3.37. The summed E-state index contributed by atoms with van der Waals surface area (Å²) < 4.78 is 5.46. The molecule has 0 N–H and O–H groups in total. The molecule has 1 aromatic rings. The lowest BCUT2D eigenvalue weighted by atomic mass is 9.89. The lowest BCUT2D eigenvalue weighted by Crippen LogP contribution is -2.22. The molecule has 0 spiro atoms. The van der Waals surface area contributed by atoms with Gasteiger partial charge in [0.05, 0.1) is 12.0 Å². The van der Waals surface area contributed by atoms with Crippen molar-refractivity contribution in [2.75, 3.05) is 6.61 Å². The van der Waals surface area contributed by atoms with E-state index in [-0.39, 0.29) is 17.8 Å². The number of hydrogen-bond acceptors (Lipinski definition) is 2. The smallest absolute Gasteiger partial charge is 0.168 e. The Hall–Kier alpha value is -1.15. The highest BCUT2D eigenvalue weighted by Crippen LogP contribution is 2.26. The molecule has 2 atom stereocenters. The molecule has 0 amide bonds. The number of ether oxygens (including phenoxy) is 1. The number of carbonyl (C=O) groups excluding carboxylic acids is 1. The van der Waals surface area contributed by atoms with Crippen molar-refractivity contribution in [2.45, 2.75) is 33.3 Å². The largest absolute Gasteiger partial charge is 0.378 e. The minimum absolute atomic E-state index is 0.0421. The Morgan fingerprint density at radius 1 is 1.38 bits per heavy atom. The fourth-order valence-corrected chi connectivity index (χ4v) is 2.28. The zero-order chi connectivity index (χ0) is 11.7. The minimum atomic E-state index is 0.0421. The third kappa shape index (κ3) is 2.03. The van der Waals surface area contributed by atoms with Gasteiger partial charge in [0.1, 0.15) is 0 Å². The van der Waals surface area contributed by atoms with Gasteiger partial charge in [-0.1, -0.05) is 17.7 Å². The Bertz CT molecular complexity index is 409. The van der Waals surface area contributed by atoms with Gasteiger partial charge in [-0.3, -0.25) is 4.79 Å².